The van der Waals surface area contributed by atoms with Gasteiger partial charge in [0, 0.05) is 12.8 Å². The van der Waals surface area contributed by atoms with Gasteiger partial charge < -0.3 is 25.2 Å². The van der Waals surface area contributed by atoms with Crippen molar-refractivity contribution in [2.45, 2.75) is 219 Å². The van der Waals surface area contributed by atoms with Crippen LogP contribution in [0.3, 0.4) is 0 Å². The average molecular weight is 790 g/mol. The summed E-state index contributed by atoms with van der Waals surface area (Å²) >= 11 is 0. The molecular formula is C42H80NO10P. The van der Waals surface area contributed by atoms with E-state index in [0.29, 0.717) is 12.8 Å². The molecule has 12 heteroatoms. The van der Waals surface area contributed by atoms with E-state index in [2.05, 4.69) is 30.5 Å². The maximum absolute atomic E-state index is 12.6. The second-order valence-electron chi connectivity index (χ2n) is 14.8. The van der Waals surface area contributed by atoms with Crippen molar-refractivity contribution in [1.82, 2.24) is 0 Å². The molecule has 0 spiro atoms. The van der Waals surface area contributed by atoms with Crippen molar-refractivity contribution < 1.29 is 47.5 Å². The highest BCUT2D eigenvalue weighted by Gasteiger charge is 2.28. The molecule has 0 bridgehead atoms. The molecular weight excluding hydrogens is 709 g/mol. The quantitative estimate of drug-likeness (QED) is 0.0233. The van der Waals surface area contributed by atoms with Crippen LogP contribution in [0.25, 0.3) is 0 Å². The Hall–Kier alpha value is -1.78. The fraction of sp³-hybridized carbons (Fsp3) is 0.881. The lowest BCUT2D eigenvalue weighted by Crippen LogP contribution is -2.34. The number of carboxylic acid groups (broad SMARTS) is 1. The maximum Gasteiger partial charge on any atom is 0.472 e. The fourth-order valence-corrected chi connectivity index (χ4v) is 6.84. The molecule has 0 saturated carbocycles. The van der Waals surface area contributed by atoms with Gasteiger partial charge >= 0.3 is 25.7 Å². The molecule has 0 rings (SSSR count). The van der Waals surface area contributed by atoms with Gasteiger partial charge in [0.1, 0.15) is 12.6 Å². The molecule has 0 radical (unpaired) electrons. The number of hydrogen-bond donors (Lipinski definition) is 3. The zero-order chi connectivity index (χ0) is 40.0. The second kappa shape index (κ2) is 38.1. The van der Waals surface area contributed by atoms with Crippen LogP contribution in [-0.2, 0) is 37.5 Å². The third-order valence-electron chi connectivity index (χ3n) is 9.51. The van der Waals surface area contributed by atoms with Crippen LogP contribution in [0, 0.1) is 0 Å². The Balaban J connectivity index is 4.36. The minimum atomic E-state index is -4.71. The smallest absolute Gasteiger partial charge is 0.472 e. The van der Waals surface area contributed by atoms with Crippen LogP contribution in [0.1, 0.15) is 206 Å². The van der Waals surface area contributed by atoms with E-state index < -0.39 is 51.1 Å². The van der Waals surface area contributed by atoms with Gasteiger partial charge in [-0.15, -0.1) is 0 Å². The first-order chi connectivity index (χ1) is 26.1. The highest BCUT2D eigenvalue weighted by atomic mass is 31.2. The summed E-state index contributed by atoms with van der Waals surface area (Å²) < 4.78 is 32.7. The van der Waals surface area contributed by atoms with Gasteiger partial charge in [-0.05, 0) is 38.5 Å². The highest BCUT2D eigenvalue weighted by Crippen LogP contribution is 2.43. The third-order valence-corrected chi connectivity index (χ3v) is 10.5. The number of aliphatic carboxylic acids is 1. The summed E-state index contributed by atoms with van der Waals surface area (Å²) in [7, 11) is -4.71. The largest absolute Gasteiger partial charge is 0.480 e. The maximum atomic E-state index is 12.6. The molecule has 54 heavy (non-hydrogen) atoms. The lowest BCUT2D eigenvalue weighted by Gasteiger charge is -2.20. The van der Waals surface area contributed by atoms with Gasteiger partial charge in [-0.1, -0.05) is 167 Å². The average Bonchev–Trinajstić information content (AvgIpc) is 3.14. The van der Waals surface area contributed by atoms with E-state index >= 15 is 0 Å². The summed E-state index contributed by atoms with van der Waals surface area (Å²) in [6, 6.07) is -1.52. The van der Waals surface area contributed by atoms with E-state index in [1.54, 1.807) is 0 Å². The summed E-state index contributed by atoms with van der Waals surface area (Å²) in [6.07, 6.45) is 37.0. The van der Waals surface area contributed by atoms with Gasteiger partial charge in [-0.3, -0.25) is 23.4 Å². The van der Waals surface area contributed by atoms with Crippen LogP contribution in [-0.4, -0.2) is 59.9 Å². The van der Waals surface area contributed by atoms with E-state index in [0.717, 1.165) is 44.9 Å². The van der Waals surface area contributed by atoms with E-state index in [1.165, 1.54) is 122 Å². The number of phosphoric ester groups is 1. The minimum Gasteiger partial charge on any atom is -0.480 e. The number of carbonyl (C=O) groups is 3. The predicted octanol–water partition coefficient (Wildman–Crippen LogP) is 11.3. The molecule has 0 aliphatic carbocycles. The van der Waals surface area contributed by atoms with Gasteiger partial charge in [0.05, 0.1) is 13.2 Å². The van der Waals surface area contributed by atoms with Crippen LogP contribution in [0.2, 0.25) is 0 Å². The monoisotopic (exact) mass is 790 g/mol. The number of unbranched alkanes of at least 4 members (excludes halogenated alkanes) is 25. The molecule has 11 nitrogen and oxygen atoms in total. The zero-order valence-corrected chi connectivity index (χ0v) is 35.2. The van der Waals surface area contributed by atoms with Gasteiger partial charge in [-0.25, -0.2) is 4.57 Å². The Morgan fingerprint density at radius 2 is 0.926 bits per heavy atom. The zero-order valence-electron chi connectivity index (χ0n) is 34.3. The number of ether oxygens (including phenoxy) is 2. The van der Waals surface area contributed by atoms with E-state index in [-0.39, 0.29) is 19.4 Å². The van der Waals surface area contributed by atoms with Gasteiger partial charge in [0.2, 0.25) is 0 Å². The van der Waals surface area contributed by atoms with Gasteiger partial charge in [0.25, 0.3) is 0 Å². The first-order valence-corrected chi connectivity index (χ1v) is 23.2. The van der Waals surface area contributed by atoms with Crippen molar-refractivity contribution >= 4 is 25.7 Å². The standard InChI is InChI=1S/C42H80NO10P/c1-3-5-7-9-11-13-15-17-19-21-23-25-27-29-31-33-40(44)50-35-38(36-51-54(48,49)52-37-39(43)42(46)47)53-41(45)34-32-30-28-26-24-22-20-18-16-14-12-10-8-6-4-2/h22,24,38-39H,3-21,23,25-37,43H2,1-2H3,(H,46,47)(H,48,49)/b24-22+/t38-,39+/m1/s1. The molecule has 0 aromatic heterocycles. The number of phosphoric acid groups is 1. The van der Waals surface area contributed by atoms with Crippen molar-refractivity contribution in [3.05, 3.63) is 12.2 Å². The summed E-state index contributed by atoms with van der Waals surface area (Å²) in [4.78, 5) is 45.9. The van der Waals surface area contributed by atoms with E-state index in [4.69, 9.17) is 24.8 Å². The molecule has 0 aliphatic heterocycles. The predicted molar refractivity (Wildman–Crippen MR) is 217 cm³/mol. The molecule has 0 fully saturated rings. The SMILES string of the molecule is CCCCCCCCCC/C=C/CCCCCC(=O)O[C@H](COC(=O)CCCCCCCCCCCCCCCCC)COP(=O)(O)OC[C@H](N)C(=O)O. The molecule has 0 heterocycles. The van der Waals surface area contributed by atoms with Crippen LogP contribution >= 0.6 is 7.82 Å². The highest BCUT2D eigenvalue weighted by molar-refractivity contribution is 7.47. The van der Waals surface area contributed by atoms with Crippen LogP contribution in [0.15, 0.2) is 12.2 Å². The summed E-state index contributed by atoms with van der Waals surface area (Å²) in [5.74, 6) is -2.39. The first-order valence-electron chi connectivity index (χ1n) is 21.7. The molecule has 3 atom stereocenters. The van der Waals surface area contributed by atoms with E-state index in [9.17, 15) is 23.8 Å². The number of carboxylic acids is 1. The van der Waals surface area contributed by atoms with Crippen LogP contribution in [0.5, 0.6) is 0 Å². The minimum absolute atomic E-state index is 0.145. The summed E-state index contributed by atoms with van der Waals surface area (Å²) in [5.41, 5.74) is 5.33. The Kier molecular flexibility index (Phi) is 36.9. The molecule has 0 aliphatic rings. The summed E-state index contributed by atoms with van der Waals surface area (Å²) in [5, 5.41) is 8.88. The summed E-state index contributed by atoms with van der Waals surface area (Å²) in [6.45, 7) is 2.80. The number of allylic oxidation sites excluding steroid dienone is 2. The van der Waals surface area contributed by atoms with Gasteiger partial charge in [-0.2, -0.15) is 0 Å². The second-order valence-corrected chi connectivity index (χ2v) is 16.3. The number of hydrogen-bond acceptors (Lipinski definition) is 9. The van der Waals surface area contributed by atoms with Crippen molar-refractivity contribution in [2.75, 3.05) is 19.8 Å². The molecule has 0 amide bonds. The molecule has 1 unspecified atom stereocenters. The molecule has 0 aromatic carbocycles. The van der Waals surface area contributed by atoms with Crippen molar-refractivity contribution in [3.8, 4) is 0 Å². The Bertz CT molecular complexity index is 979. The topological polar surface area (TPSA) is 172 Å². The third kappa shape index (κ3) is 37.2. The van der Waals surface area contributed by atoms with Crippen molar-refractivity contribution in [1.29, 1.82) is 0 Å². The first kappa shape index (κ1) is 52.2. The normalized spacial score (nSPS) is 13.9. The number of nitrogens with two attached hydrogens (primary N) is 1. The lowest BCUT2D eigenvalue weighted by atomic mass is 10.0. The van der Waals surface area contributed by atoms with Crippen molar-refractivity contribution in [3.63, 3.8) is 0 Å². The molecule has 318 valence electrons. The van der Waals surface area contributed by atoms with Gasteiger partial charge in [0.15, 0.2) is 6.10 Å². The lowest BCUT2D eigenvalue weighted by molar-refractivity contribution is -0.161. The van der Waals surface area contributed by atoms with Crippen molar-refractivity contribution in [2.24, 2.45) is 5.73 Å². The molecule has 4 N–H and O–H groups in total. The Morgan fingerprint density at radius 1 is 0.556 bits per heavy atom. The van der Waals surface area contributed by atoms with Crippen LogP contribution < -0.4 is 5.73 Å². The molecule has 0 saturated heterocycles. The molecule has 0 aromatic rings. The Morgan fingerprint density at radius 3 is 1.37 bits per heavy atom. The number of esters is 2. The number of rotatable bonds is 41. The fourth-order valence-electron chi connectivity index (χ4n) is 6.06. The Labute approximate surface area is 328 Å². The van der Waals surface area contributed by atoms with Crippen LogP contribution in [0.4, 0.5) is 0 Å². The van der Waals surface area contributed by atoms with E-state index in [1.807, 2.05) is 0 Å². The number of carbonyl (C=O) groups excluding carboxylic acids is 2.